The van der Waals surface area contributed by atoms with Gasteiger partial charge in [-0.1, -0.05) is 0 Å². The Kier molecular flexibility index (Phi) is 6.91. The Bertz CT molecular complexity index is 1080. The topological polar surface area (TPSA) is 230 Å². The van der Waals surface area contributed by atoms with Crippen molar-refractivity contribution in [3.8, 4) is 0 Å². The van der Waals surface area contributed by atoms with Crippen molar-refractivity contribution in [3.63, 3.8) is 0 Å². The van der Waals surface area contributed by atoms with Gasteiger partial charge in [-0.2, -0.15) is 0 Å². The Morgan fingerprint density at radius 3 is 2.33 bits per heavy atom. The van der Waals surface area contributed by atoms with Crippen LogP contribution in [0.1, 0.15) is 32.3 Å². The number of nitrogens with one attached hydrogen (secondary N) is 1. The van der Waals surface area contributed by atoms with Crippen molar-refractivity contribution in [1.29, 1.82) is 0 Å². The zero-order valence-corrected chi connectivity index (χ0v) is 18.6. The SMILES string of the molecule is Cc1cn([C@@]2(C)CC[C@@](C)(COP(=O)([O-])OP(=O)([O-])OP(=O)(O)O)O2)c(=O)[nH]c1=O. The van der Waals surface area contributed by atoms with Gasteiger partial charge in [0.25, 0.3) is 21.2 Å². The highest BCUT2D eigenvalue weighted by Crippen LogP contribution is 2.62. The number of rotatable bonds is 8. The van der Waals surface area contributed by atoms with E-state index < -0.39 is 52.7 Å². The van der Waals surface area contributed by atoms with Crippen LogP contribution >= 0.6 is 23.5 Å². The number of hydrogen-bond donors (Lipinski definition) is 3. The molecule has 1 aliphatic rings. The molecule has 0 aliphatic carbocycles. The Hall–Kier alpha value is -0.950. The average molecular weight is 492 g/mol. The van der Waals surface area contributed by atoms with Crippen molar-refractivity contribution in [2.45, 2.75) is 44.9 Å². The molecule has 0 amide bonds. The number of H-pyrrole nitrogens is 1. The molecule has 1 aromatic heterocycles. The van der Waals surface area contributed by atoms with Crippen LogP contribution in [0.25, 0.3) is 0 Å². The van der Waals surface area contributed by atoms with Crippen LogP contribution in [0.3, 0.4) is 0 Å². The van der Waals surface area contributed by atoms with E-state index in [4.69, 9.17) is 14.5 Å². The third-order valence-corrected chi connectivity index (χ3v) is 7.84. The van der Waals surface area contributed by atoms with E-state index in [-0.39, 0.29) is 18.4 Å². The second kappa shape index (κ2) is 8.19. The molecule has 2 heterocycles. The van der Waals surface area contributed by atoms with Gasteiger partial charge in [0.2, 0.25) is 0 Å². The molecule has 3 N–H and O–H groups in total. The van der Waals surface area contributed by atoms with E-state index in [0.29, 0.717) is 0 Å². The van der Waals surface area contributed by atoms with Crippen LogP contribution in [-0.4, -0.2) is 31.5 Å². The van der Waals surface area contributed by atoms with Crippen LogP contribution in [0.5, 0.6) is 0 Å². The Balaban J connectivity index is 2.12. The van der Waals surface area contributed by atoms with E-state index >= 15 is 0 Å². The molecule has 1 aromatic rings. The standard InChI is InChI=1S/C12H21N2O13P3/c1-8-6-14(10(16)13-9(8)15)12(3)5-4-11(2,25-12)7-24-29(20,21)27-30(22,23)26-28(17,18)19/h6H,4-5,7H2,1-3H3,(H,20,21)(H,22,23)(H,13,15,16)(H2,17,18,19)/p-2/t11-,12+/m0/s1. The molecule has 1 aliphatic heterocycles. The van der Waals surface area contributed by atoms with Gasteiger partial charge in [0.15, 0.2) is 0 Å². The van der Waals surface area contributed by atoms with Gasteiger partial charge in [0.05, 0.1) is 12.2 Å². The zero-order chi connectivity index (χ0) is 23.2. The highest BCUT2D eigenvalue weighted by atomic mass is 31.3. The lowest BCUT2D eigenvalue weighted by Crippen LogP contribution is -2.44. The largest absolute Gasteiger partial charge is 0.756 e. The molecule has 15 nitrogen and oxygen atoms in total. The Morgan fingerprint density at radius 1 is 1.17 bits per heavy atom. The Morgan fingerprint density at radius 2 is 1.77 bits per heavy atom. The summed E-state index contributed by atoms with van der Waals surface area (Å²) >= 11 is 0. The van der Waals surface area contributed by atoms with Gasteiger partial charge >= 0.3 is 13.5 Å². The van der Waals surface area contributed by atoms with E-state index in [9.17, 15) is 33.1 Å². The fraction of sp³-hybridized carbons (Fsp3) is 0.667. The van der Waals surface area contributed by atoms with Gasteiger partial charge in [0, 0.05) is 11.8 Å². The van der Waals surface area contributed by atoms with Crippen molar-refractivity contribution >= 4 is 23.5 Å². The van der Waals surface area contributed by atoms with E-state index in [1.807, 2.05) is 0 Å². The number of phosphoric ester groups is 1. The van der Waals surface area contributed by atoms with Crippen molar-refractivity contribution in [2.24, 2.45) is 0 Å². The summed E-state index contributed by atoms with van der Waals surface area (Å²) in [4.78, 5) is 65.7. The molecule has 2 unspecified atom stereocenters. The molecule has 2 rings (SSSR count). The molecule has 0 saturated carbocycles. The molecule has 1 saturated heterocycles. The van der Waals surface area contributed by atoms with Crippen LogP contribution in [0, 0.1) is 6.92 Å². The summed E-state index contributed by atoms with van der Waals surface area (Å²) in [5.41, 5.74) is -3.71. The first-order valence-corrected chi connectivity index (χ1v) is 12.6. The average Bonchev–Trinajstić information content (AvgIpc) is 2.83. The van der Waals surface area contributed by atoms with Gasteiger partial charge < -0.3 is 28.8 Å². The van der Waals surface area contributed by atoms with Crippen molar-refractivity contribution in [1.82, 2.24) is 9.55 Å². The van der Waals surface area contributed by atoms with E-state index in [1.54, 1.807) is 0 Å². The molecule has 1 fully saturated rings. The molecule has 18 heteroatoms. The monoisotopic (exact) mass is 492 g/mol. The maximum atomic E-state index is 12.1. The van der Waals surface area contributed by atoms with E-state index in [2.05, 4.69) is 18.1 Å². The maximum Gasteiger partial charge on any atom is 0.476 e. The number of aryl methyl sites for hydroxylation is 1. The van der Waals surface area contributed by atoms with Gasteiger partial charge in [-0.25, -0.2) is 18.0 Å². The summed E-state index contributed by atoms with van der Waals surface area (Å²) in [6.07, 6.45) is 1.63. The molecule has 0 spiro atoms. The molecular formula is C12H19N2O13P3-2. The maximum absolute atomic E-state index is 12.1. The lowest BCUT2D eigenvalue weighted by molar-refractivity contribution is -0.244. The molecule has 172 valence electrons. The summed E-state index contributed by atoms with van der Waals surface area (Å²) in [5, 5.41) is 0. The first-order chi connectivity index (χ1) is 13.4. The second-order valence-corrected chi connectivity index (χ2v) is 11.3. The molecule has 0 radical (unpaired) electrons. The van der Waals surface area contributed by atoms with E-state index in [0.717, 1.165) is 4.57 Å². The third kappa shape index (κ3) is 6.52. The normalized spacial score (nSPS) is 28.8. The molecular weight excluding hydrogens is 473 g/mol. The minimum atomic E-state index is -5.94. The highest BCUT2D eigenvalue weighted by Gasteiger charge is 2.46. The van der Waals surface area contributed by atoms with Crippen LogP contribution < -0.4 is 21.0 Å². The number of hydrogen-bond acceptors (Lipinski definition) is 11. The van der Waals surface area contributed by atoms with E-state index in [1.165, 1.54) is 27.0 Å². The number of nitrogens with zero attached hydrogens (tertiary/aromatic N) is 1. The summed E-state index contributed by atoms with van der Waals surface area (Å²) in [6, 6.07) is 0. The lowest BCUT2D eigenvalue weighted by Gasteiger charge is -2.34. The smallest absolute Gasteiger partial charge is 0.476 e. The summed E-state index contributed by atoms with van der Waals surface area (Å²) in [5.74, 6) is 0. The summed E-state index contributed by atoms with van der Waals surface area (Å²) < 4.78 is 51.8. The molecule has 0 aromatic carbocycles. The van der Waals surface area contributed by atoms with Gasteiger partial charge in [0.1, 0.15) is 5.72 Å². The second-order valence-electron chi connectivity index (χ2n) is 6.99. The fourth-order valence-corrected chi connectivity index (χ4v) is 5.85. The van der Waals surface area contributed by atoms with Crippen LogP contribution in [0.2, 0.25) is 0 Å². The molecule has 30 heavy (non-hydrogen) atoms. The van der Waals surface area contributed by atoms with Crippen molar-refractivity contribution < 1.29 is 51.2 Å². The zero-order valence-electron chi connectivity index (χ0n) is 15.9. The predicted octanol–water partition coefficient (Wildman–Crippen LogP) is -0.834. The van der Waals surface area contributed by atoms with Gasteiger partial charge in [-0.05, 0) is 33.6 Å². The van der Waals surface area contributed by atoms with Crippen molar-refractivity contribution in [3.05, 3.63) is 32.6 Å². The molecule has 4 atom stereocenters. The van der Waals surface area contributed by atoms with Crippen LogP contribution in [0.4, 0.5) is 0 Å². The number of phosphoric acid groups is 3. The number of aromatic amines is 1. The highest BCUT2D eigenvalue weighted by molar-refractivity contribution is 7.65. The molecule has 0 bridgehead atoms. The van der Waals surface area contributed by atoms with Gasteiger partial charge in [-0.15, -0.1) is 0 Å². The lowest BCUT2D eigenvalue weighted by atomic mass is 10.0. The first kappa shape index (κ1) is 25.3. The quantitative estimate of drug-likeness (QED) is 0.377. The summed E-state index contributed by atoms with van der Waals surface area (Å²) in [6.45, 7) is 3.66. The minimum Gasteiger partial charge on any atom is -0.756 e. The minimum absolute atomic E-state index is 0.155. The number of ether oxygens (including phenoxy) is 1. The van der Waals surface area contributed by atoms with Crippen molar-refractivity contribution in [2.75, 3.05) is 6.61 Å². The van der Waals surface area contributed by atoms with Crippen LogP contribution in [0.15, 0.2) is 15.8 Å². The Labute approximate surface area is 169 Å². The van der Waals surface area contributed by atoms with Crippen LogP contribution in [-0.2, 0) is 37.3 Å². The first-order valence-electron chi connectivity index (χ1n) is 8.14. The fourth-order valence-electron chi connectivity index (χ4n) is 2.83. The number of aromatic nitrogens is 2. The predicted molar refractivity (Wildman–Crippen MR) is 93.8 cm³/mol. The van der Waals surface area contributed by atoms with Gasteiger partial charge in [-0.3, -0.25) is 23.5 Å². The third-order valence-electron chi connectivity index (χ3n) is 4.15. The summed E-state index contributed by atoms with van der Waals surface area (Å²) in [7, 11) is -17.2.